The summed E-state index contributed by atoms with van der Waals surface area (Å²) in [5.74, 6) is -0.306. The van der Waals surface area contributed by atoms with Crippen molar-refractivity contribution in [1.82, 2.24) is 4.98 Å². The number of aromatic nitrogens is 1. The molecule has 3 aromatic carbocycles. The number of anilines is 3. The van der Waals surface area contributed by atoms with E-state index in [4.69, 9.17) is 10.5 Å². The molecule has 3 N–H and O–H groups in total. The fraction of sp³-hybridized carbons (Fsp3) is 0.207. The Bertz CT molecular complexity index is 1490. The van der Waals surface area contributed by atoms with Crippen molar-refractivity contribution in [3.63, 3.8) is 0 Å². The Balaban J connectivity index is 1.43. The Labute approximate surface area is 214 Å². The third-order valence-electron chi connectivity index (χ3n) is 6.53. The number of nitrogen functional groups attached to an aromatic ring is 1. The first-order chi connectivity index (χ1) is 17.9. The van der Waals surface area contributed by atoms with Crippen LogP contribution in [0.4, 0.5) is 21.6 Å². The third kappa shape index (κ3) is 5.09. The molecule has 1 aliphatic heterocycles. The number of fused-ring (bicyclic) bond motifs is 1. The molecule has 1 unspecified atom stereocenters. The average molecular weight is 499 g/mol. The molecule has 0 saturated carbocycles. The van der Waals surface area contributed by atoms with Gasteiger partial charge in [0.2, 0.25) is 12.0 Å². The molecule has 4 aromatic rings. The first-order valence-electron chi connectivity index (χ1n) is 12.2. The normalized spacial score (nSPS) is 14.4. The molecule has 2 amide bonds. The van der Waals surface area contributed by atoms with Crippen molar-refractivity contribution in [3.05, 3.63) is 89.9 Å². The molecule has 0 bridgehead atoms. The van der Waals surface area contributed by atoms with E-state index in [-0.39, 0.29) is 11.5 Å². The summed E-state index contributed by atoms with van der Waals surface area (Å²) in [7, 11) is 0. The zero-order chi connectivity index (χ0) is 25.9. The molecule has 188 valence electrons. The zero-order valence-electron chi connectivity index (χ0n) is 20.4. The number of benzene rings is 3. The number of carbonyl (C=O) groups excluding carboxylic acids is 2. The van der Waals surface area contributed by atoms with E-state index >= 15 is 0 Å². The van der Waals surface area contributed by atoms with E-state index in [0.717, 1.165) is 29.5 Å². The Morgan fingerprint density at radius 3 is 2.73 bits per heavy atom. The van der Waals surface area contributed by atoms with Gasteiger partial charge in [0.05, 0.1) is 0 Å². The van der Waals surface area contributed by atoms with Crippen LogP contribution in [-0.4, -0.2) is 23.3 Å². The number of carbonyl (C=O) groups is 2. The minimum Gasteiger partial charge on any atom is -0.476 e. The topological polar surface area (TPSA) is 97.5 Å². The van der Waals surface area contributed by atoms with E-state index in [2.05, 4.69) is 10.3 Å². The second-order valence-corrected chi connectivity index (χ2v) is 9.09. The lowest BCUT2D eigenvalue weighted by Crippen LogP contribution is -2.35. The highest BCUT2D eigenvalue weighted by Gasteiger charge is 2.27. The Hall–Kier alpha value is -4.46. The third-order valence-corrected chi connectivity index (χ3v) is 6.53. The minimum absolute atomic E-state index is 0.102. The van der Waals surface area contributed by atoms with Gasteiger partial charge in [-0.25, -0.2) is 9.37 Å². The second kappa shape index (κ2) is 10.3. The lowest BCUT2D eigenvalue weighted by atomic mass is 10.1. The zero-order valence-corrected chi connectivity index (χ0v) is 20.4. The number of nitrogens with zero attached hydrogens (tertiary/aromatic N) is 2. The van der Waals surface area contributed by atoms with E-state index < -0.39 is 17.8 Å². The van der Waals surface area contributed by atoms with E-state index in [1.807, 2.05) is 25.1 Å². The molecule has 1 aromatic heterocycles. The van der Waals surface area contributed by atoms with E-state index in [1.54, 1.807) is 47.5 Å². The van der Waals surface area contributed by atoms with Crippen molar-refractivity contribution in [2.24, 2.45) is 0 Å². The maximum Gasteiger partial charge on any atom is 0.270 e. The molecule has 7 nitrogen and oxygen atoms in total. The highest BCUT2D eigenvalue weighted by molar-refractivity contribution is 5.98. The maximum absolute atomic E-state index is 14.8. The van der Waals surface area contributed by atoms with Gasteiger partial charge in [0, 0.05) is 41.5 Å². The molecule has 0 aliphatic carbocycles. The quantitative estimate of drug-likeness (QED) is 0.364. The number of amides is 2. The van der Waals surface area contributed by atoms with Crippen molar-refractivity contribution in [2.45, 2.75) is 32.3 Å². The van der Waals surface area contributed by atoms with Gasteiger partial charge in [0.15, 0.2) is 0 Å². The Morgan fingerprint density at radius 2 is 1.95 bits per heavy atom. The summed E-state index contributed by atoms with van der Waals surface area (Å²) < 4.78 is 20.8. The molecule has 2 heterocycles. The summed E-state index contributed by atoms with van der Waals surface area (Å²) >= 11 is 0. The Morgan fingerprint density at radius 1 is 1.11 bits per heavy atom. The summed E-state index contributed by atoms with van der Waals surface area (Å²) in [6.07, 6.45) is 2.75. The van der Waals surface area contributed by atoms with Crippen LogP contribution >= 0.6 is 0 Å². The Kier molecular flexibility index (Phi) is 6.72. The molecular weight excluding hydrogens is 471 g/mol. The van der Waals surface area contributed by atoms with Gasteiger partial charge in [-0.1, -0.05) is 24.3 Å². The first kappa shape index (κ1) is 24.2. The van der Waals surface area contributed by atoms with Gasteiger partial charge in [-0.15, -0.1) is 0 Å². The van der Waals surface area contributed by atoms with Crippen LogP contribution in [0.25, 0.3) is 10.8 Å². The van der Waals surface area contributed by atoms with Gasteiger partial charge < -0.3 is 20.7 Å². The fourth-order valence-corrected chi connectivity index (χ4v) is 4.63. The van der Waals surface area contributed by atoms with Crippen molar-refractivity contribution >= 4 is 39.8 Å². The number of rotatable bonds is 6. The number of halogens is 1. The molecule has 1 fully saturated rings. The van der Waals surface area contributed by atoms with Gasteiger partial charge in [-0.3, -0.25) is 9.59 Å². The molecule has 1 aliphatic rings. The van der Waals surface area contributed by atoms with Crippen LogP contribution in [-0.2, 0) is 9.59 Å². The summed E-state index contributed by atoms with van der Waals surface area (Å²) in [5, 5.41) is 4.39. The maximum atomic E-state index is 14.8. The van der Waals surface area contributed by atoms with Gasteiger partial charge in [-0.2, -0.15) is 0 Å². The van der Waals surface area contributed by atoms with Crippen molar-refractivity contribution in [1.29, 1.82) is 0 Å². The van der Waals surface area contributed by atoms with Gasteiger partial charge in [-0.05, 0) is 73.2 Å². The molecule has 1 saturated heterocycles. The number of hydrogen-bond acceptors (Lipinski definition) is 5. The molecule has 8 heteroatoms. The van der Waals surface area contributed by atoms with Crippen molar-refractivity contribution in [3.8, 4) is 5.75 Å². The standard InChI is InChI=1S/C29H27FN4O3/c1-18-16-20(10-12-25(18)34-15-5-4-8-26(34)35)33-29(36)27(22-6-2-3-7-24(22)30)37-21-11-9-19-13-14-32-28(31)23(19)17-21/h2-3,6-7,9-14,16-17,27H,4-5,8,15H2,1H3,(H2,31,32)(H,33,36). The molecule has 0 radical (unpaired) electrons. The summed E-state index contributed by atoms with van der Waals surface area (Å²) in [4.78, 5) is 31.7. The number of aryl methyl sites for hydroxylation is 1. The summed E-state index contributed by atoms with van der Waals surface area (Å²) in [6.45, 7) is 2.58. The first-order valence-corrected chi connectivity index (χ1v) is 12.2. The largest absolute Gasteiger partial charge is 0.476 e. The van der Waals surface area contributed by atoms with Crippen LogP contribution in [0.15, 0.2) is 72.9 Å². The van der Waals surface area contributed by atoms with E-state index in [1.165, 1.54) is 12.1 Å². The van der Waals surface area contributed by atoms with E-state index in [0.29, 0.717) is 35.6 Å². The molecule has 0 spiro atoms. The van der Waals surface area contributed by atoms with Gasteiger partial charge in [0.1, 0.15) is 17.4 Å². The summed E-state index contributed by atoms with van der Waals surface area (Å²) in [5.41, 5.74) is 8.32. The lowest BCUT2D eigenvalue weighted by Gasteiger charge is -2.28. The second-order valence-electron chi connectivity index (χ2n) is 9.09. The molecule has 1 atom stereocenters. The van der Waals surface area contributed by atoms with Crippen molar-refractivity contribution in [2.75, 3.05) is 22.5 Å². The van der Waals surface area contributed by atoms with Crippen LogP contribution in [0.2, 0.25) is 0 Å². The molecular formula is C29H27FN4O3. The number of ether oxygens (including phenoxy) is 1. The average Bonchev–Trinajstić information content (AvgIpc) is 2.89. The van der Waals surface area contributed by atoms with Crippen LogP contribution in [0.1, 0.15) is 36.5 Å². The minimum atomic E-state index is -1.26. The predicted octanol–water partition coefficient (Wildman–Crippen LogP) is 5.54. The molecule has 37 heavy (non-hydrogen) atoms. The van der Waals surface area contributed by atoms with Crippen LogP contribution in [0.3, 0.4) is 0 Å². The number of nitrogens with one attached hydrogen (secondary N) is 1. The predicted molar refractivity (Wildman–Crippen MR) is 142 cm³/mol. The number of hydrogen-bond donors (Lipinski definition) is 2. The smallest absolute Gasteiger partial charge is 0.270 e. The van der Waals surface area contributed by atoms with Crippen LogP contribution in [0.5, 0.6) is 5.75 Å². The molecule has 5 rings (SSSR count). The van der Waals surface area contributed by atoms with E-state index in [9.17, 15) is 14.0 Å². The van der Waals surface area contributed by atoms with Crippen LogP contribution in [0, 0.1) is 12.7 Å². The fourth-order valence-electron chi connectivity index (χ4n) is 4.63. The number of piperidine rings is 1. The lowest BCUT2D eigenvalue weighted by molar-refractivity contribution is -0.123. The highest BCUT2D eigenvalue weighted by atomic mass is 19.1. The number of pyridine rings is 1. The SMILES string of the molecule is Cc1cc(NC(=O)C(Oc2ccc3ccnc(N)c3c2)c2ccccc2F)ccc1N1CCCCC1=O. The van der Waals surface area contributed by atoms with Crippen molar-refractivity contribution < 1.29 is 18.7 Å². The van der Waals surface area contributed by atoms with Gasteiger partial charge >= 0.3 is 0 Å². The summed E-state index contributed by atoms with van der Waals surface area (Å²) in [6, 6.07) is 18.4. The highest BCUT2D eigenvalue weighted by Crippen LogP contribution is 2.31. The van der Waals surface area contributed by atoms with Gasteiger partial charge in [0.25, 0.3) is 5.91 Å². The monoisotopic (exact) mass is 498 g/mol. The number of nitrogens with two attached hydrogens (primary N) is 1. The van der Waals surface area contributed by atoms with Crippen LogP contribution < -0.4 is 20.7 Å².